The molecule has 0 saturated heterocycles. The summed E-state index contributed by atoms with van der Waals surface area (Å²) >= 11 is 5.81. The van der Waals surface area contributed by atoms with Gasteiger partial charge >= 0.3 is 0 Å². The molecule has 0 aliphatic rings. The van der Waals surface area contributed by atoms with Gasteiger partial charge in [-0.1, -0.05) is 24.6 Å². The fourth-order valence-corrected chi connectivity index (χ4v) is 2.05. The van der Waals surface area contributed by atoms with Crippen LogP contribution in [-0.2, 0) is 6.54 Å². The molecule has 0 radical (unpaired) electrons. The third-order valence-electron chi connectivity index (χ3n) is 2.83. The Kier molecular flexibility index (Phi) is 5.53. The van der Waals surface area contributed by atoms with Gasteiger partial charge < -0.3 is 10.1 Å². The zero-order valence-electron chi connectivity index (χ0n) is 11.6. The van der Waals surface area contributed by atoms with E-state index in [0.717, 1.165) is 13.0 Å². The van der Waals surface area contributed by atoms with Crippen molar-refractivity contribution in [3.8, 4) is 11.5 Å². The van der Waals surface area contributed by atoms with E-state index in [4.69, 9.17) is 16.3 Å². The van der Waals surface area contributed by atoms with Gasteiger partial charge in [0.05, 0.1) is 0 Å². The number of halogens is 3. The van der Waals surface area contributed by atoms with Crippen molar-refractivity contribution in [3.63, 3.8) is 0 Å². The Hall–Kier alpha value is -1.65. The van der Waals surface area contributed by atoms with E-state index in [1.54, 1.807) is 18.2 Å². The minimum Gasteiger partial charge on any atom is -0.451 e. The highest BCUT2D eigenvalue weighted by atomic mass is 35.5. The Morgan fingerprint density at radius 1 is 1.14 bits per heavy atom. The topological polar surface area (TPSA) is 21.3 Å². The van der Waals surface area contributed by atoms with Crippen molar-refractivity contribution in [3.05, 3.63) is 58.6 Å². The van der Waals surface area contributed by atoms with E-state index < -0.39 is 17.4 Å². The van der Waals surface area contributed by atoms with Crippen LogP contribution in [0.2, 0.25) is 5.02 Å². The van der Waals surface area contributed by atoms with Crippen molar-refractivity contribution in [1.29, 1.82) is 0 Å². The first kappa shape index (κ1) is 15.7. The number of hydrogen-bond acceptors (Lipinski definition) is 2. The second-order valence-electron chi connectivity index (χ2n) is 4.62. The average Bonchev–Trinajstić information content (AvgIpc) is 2.43. The van der Waals surface area contributed by atoms with Crippen LogP contribution in [0.25, 0.3) is 0 Å². The zero-order valence-corrected chi connectivity index (χ0v) is 12.4. The molecule has 0 aromatic heterocycles. The van der Waals surface area contributed by atoms with E-state index in [1.165, 1.54) is 18.2 Å². The van der Waals surface area contributed by atoms with E-state index in [1.807, 2.05) is 6.92 Å². The summed E-state index contributed by atoms with van der Waals surface area (Å²) in [6.45, 7) is 3.24. The van der Waals surface area contributed by atoms with Gasteiger partial charge in [-0.15, -0.1) is 0 Å². The van der Waals surface area contributed by atoms with Crippen molar-refractivity contribution in [1.82, 2.24) is 5.32 Å². The van der Waals surface area contributed by atoms with Crippen LogP contribution < -0.4 is 10.1 Å². The first-order valence-corrected chi connectivity index (χ1v) is 7.10. The summed E-state index contributed by atoms with van der Waals surface area (Å²) in [6, 6.07) is 8.93. The van der Waals surface area contributed by atoms with Crippen LogP contribution in [0.5, 0.6) is 11.5 Å². The third kappa shape index (κ3) is 4.41. The second kappa shape index (κ2) is 7.38. The van der Waals surface area contributed by atoms with Crippen LogP contribution in [0.15, 0.2) is 36.4 Å². The van der Waals surface area contributed by atoms with Crippen LogP contribution in [-0.4, -0.2) is 6.54 Å². The molecule has 0 fully saturated rings. The van der Waals surface area contributed by atoms with Crippen molar-refractivity contribution in [2.24, 2.45) is 0 Å². The summed E-state index contributed by atoms with van der Waals surface area (Å²) in [5.41, 5.74) is 0.539. The van der Waals surface area contributed by atoms with Gasteiger partial charge in [0.1, 0.15) is 5.75 Å². The molecule has 0 bridgehead atoms. The molecule has 0 spiro atoms. The molecular weight excluding hydrogens is 296 g/mol. The minimum absolute atomic E-state index is 0.289. The summed E-state index contributed by atoms with van der Waals surface area (Å²) in [6.07, 6.45) is 0.959. The highest BCUT2D eigenvalue weighted by Gasteiger charge is 2.13. The van der Waals surface area contributed by atoms with Crippen molar-refractivity contribution in [2.45, 2.75) is 19.9 Å². The molecule has 0 unspecified atom stereocenters. The van der Waals surface area contributed by atoms with E-state index >= 15 is 0 Å². The molecule has 2 aromatic carbocycles. The highest BCUT2D eigenvalue weighted by molar-refractivity contribution is 6.30. The lowest BCUT2D eigenvalue weighted by atomic mass is 10.2. The molecule has 0 aliphatic carbocycles. The minimum atomic E-state index is -0.733. The normalized spacial score (nSPS) is 10.7. The second-order valence-corrected chi connectivity index (χ2v) is 5.06. The Labute approximate surface area is 127 Å². The van der Waals surface area contributed by atoms with E-state index in [0.29, 0.717) is 17.1 Å². The van der Waals surface area contributed by atoms with Crippen LogP contribution in [0.3, 0.4) is 0 Å². The molecule has 1 N–H and O–H groups in total. The number of nitrogens with one attached hydrogen (secondary N) is 1. The molecule has 0 amide bonds. The lowest BCUT2D eigenvalue weighted by Crippen LogP contribution is -2.14. The number of rotatable bonds is 6. The summed E-state index contributed by atoms with van der Waals surface area (Å²) in [5.74, 6) is -1.60. The summed E-state index contributed by atoms with van der Waals surface area (Å²) < 4.78 is 33.2. The third-order valence-corrected chi connectivity index (χ3v) is 3.07. The predicted molar refractivity (Wildman–Crippen MR) is 79.9 cm³/mol. The first-order valence-electron chi connectivity index (χ1n) is 6.72. The Morgan fingerprint density at radius 3 is 2.48 bits per heavy atom. The van der Waals surface area contributed by atoms with E-state index in [2.05, 4.69) is 5.32 Å². The molecular formula is C16H16ClF2NO. The maximum atomic E-state index is 14.0. The first-order chi connectivity index (χ1) is 10.1. The fourth-order valence-electron chi connectivity index (χ4n) is 1.87. The smallest absolute Gasteiger partial charge is 0.198 e. The lowest BCUT2D eigenvalue weighted by molar-refractivity contribution is 0.406. The van der Waals surface area contributed by atoms with E-state index in [-0.39, 0.29) is 5.75 Å². The number of benzene rings is 2. The summed E-state index contributed by atoms with van der Waals surface area (Å²) in [7, 11) is 0. The summed E-state index contributed by atoms with van der Waals surface area (Å²) in [5, 5.41) is 3.53. The number of hydrogen-bond donors (Lipinski definition) is 1. The lowest BCUT2D eigenvalue weighted by Gasteiger charge is -2.10. The Balaban J connectivity index is 2.17. The highest BCUT2D eigenvalue weighted by Crippen LogP contribution is 2.29. The zero-order chi connectivity index (χ0) is 15.2. The van der Waals surface area contributed by atoms with Gasteiger partial charge in [0.2, 0.25) is 0 Å². The van der Waals surface area contributed by atoms with Gasteiger partial charge in [-0.3, -0.25) is 0 Å². The number of ether oxygens (including phenoxy) is 1. The van der Waals surface area contributed by atoms with Crippen molar-refractivity contribution >= 4 is 11.6 Å². The van der Waals surface area contributed by atoms with Crippen molar-refractivity contribution < 1.29 is 13.5 Å². The molecule has 0 atom stereocenters. The van der Waals surface area contributed by atoms with Crippen molar-refractivity contribution in [2.75, 3.05) is 6.54 Å². The van der Waals surface area contributed by atoms with Gasteiger partial charge in [-0.2, -0.15) is 0 Å². The average molecular weight is 312 g/mol. The van der Waals surface area contributed by atoms with Gasteiger partial charge in [0, 0.05) is 11.6 Å². The monoisotopic (exact) mass is 311 g/mol. The molecule has 0 saturated carbocycles. The molecule has 2 rings (SSSR count). The van der Waals surface area contributed by atoms with Gasteiger partial charge in [0.15, 0.2) is 17.4 Å². The predicted octanol–water partition coefficient (Wildman–Crippen LogP) is 4.91. The van der Waals surface area contributed by atoms with E-state index in [9.17, 15) is 8.78 Å². The quantitative estimate of drug-likeness (QED) is 0.765. The molecule has 0 heterocycles. The van der Waals surface area contributed by atoms with Crippen LogP contribution in [0.1, 0.15) is 18.9 Å². The maximum Gasteiger partial charge on any atom is 0.198 e. The van der Waals surface area contributed by atoms with Gasteiger partial charge in [0.25, 0.3) is 0 Å². The molecule has 21 heavy (non-hydrogen) atoms. The molecule has 0 aliphatic heterocycles. The molecule has 5 heteroatoms. The Bertz CT molecular complexity index is 596. The molecule has 2 nitrogen and oxygen atoms in total. The maximum absolute atomic E-state index is 14.0. The standard InChI is InChI=1S/C16H16ClF2NO/c1-2-6-20-10-11-7-14(18)16(15(19)8-11)21-13-5-3-4-12(17)9-13/h3-5,7-9,20H,2,6,10H2,1H3. The largest absolute Gasteiger partial charge is 0.451 e. The van der Waals surface area contributed by atoms with Gasteiger partial charge in [-0.05, 0) is 48.9 Å². The summed E-state index contributed by atoms with van der Waals surface area (Å²) in [4.78, 5) is 0. The van der Waals surface area contributed by atoms with Crippen LogP contribution in [0, 0.1) is 11.6 Å². The van der Waals surface area contributed by atoms with Crippen LogP contribution >= 0.6 is 11.6 Å². The van der Waals surface area contributed by atoms with Gasteiger partial charge in [-0.25, -0.2) is 8.78 Å². The molecule has 2 aromatic rings. The fraction of sp³-hybridized carbons (Fsp3) is 0.250. The van der Waals surface area contributed by atoms with Crippen LogP contribution in [0.4, 0.5) is 8.78 Å². The SMILES string of the molecule is CCCNCc1cc(F)c(Oc2cccc(Cl)c2)c(F)c1. The molecule has 112 valence electrons. The Morgan fingerprint density at radius 2 is 1.86 bits per heavy atom.